The average Bonchev–Trinajstić information content (AvgIpc) is 2.01. The lowest BCUT2D eigenvalue weighted by Crippen LogP contribution is -1.94. The molecule has 0 aliphatic rings. The molecule has 0 bridgehead atoms. The molecule has 0 unspecified atom stereocenters. The number of methoxy groups -OCH3 is 1. The molecular weight excluding hydrogens is 143 g/mol. The van der Waals surface area contributed by atoms with Gasteiger partial charge in [-0.15, -0.1) is 0 Å². The minimum absolute atomic E-state index is 0.182. The first-order valence-corrected chi connectivity index (χ1v) is 3.56. The van der Waals surface area contributed by atoms with E-state index in [1.54, 1.807) is 13.2 Å². The summed E-state index contributed by atoms with van der Waals surface area (Å²) >= 11 is 0. The van der Waals surface area contributed by atoms with Gasteiger partial charge in [0.05, 0.1) is 6.61 Å². The molecule has 0 atom stereocenters. The van der Waals surface area contributed by atoms with Crippen molar-refractivity contribution < 1.29 is 9.13 Å². The molecule has 60 valence electrons. The van der Waals surface area contributed by atoms with Crippen molar-refractivity contribution in [3.05, 3.63) is 35.6 Å². The monoisotopic (exact) mass is 154 g/mol. The van der Waals surface area contributed by atoms with Gasteiger partial charge in [0, 0.05) is 7.11 Å². The largest absolute Gasteiger partial charge is 0.384 e. The van der Waals surface area contributed by atoms with E-state index in [9.17, 15) is 4.39 Å². The SMILES string of the molecule is COCCc1cccc(F)c1. The molecule has 0 aliphatic heterocycles. The molecule has 0 saturated carbocycles. The van der Waals surface area contributed by atoms with Gasteiger partial charge >= 0.3 is 0 Å². The van der Waals surface area contributed by atoms with Crippen molar-refractivity contribution in [2.75, 3.05) is 13.7 Å². The molecule has 0 radical (unpaired) electrons. The Bertz CT molecular complexity index is 223. The van der Waals surface area contributed by atoms with E-state index in [-0.39, 0.29) is 5.82 Å². The van der Waals surface area contributed by atoms with Gasteiger partial charge in [-0.05, 0) is 24.1 Å². The lowest BCUT2D eigenvalue weighted by Gasteiger charge is -1.98. The predicted molar refractivity (Wildman–Crippen MR) is 42.0 cm³/mol. The Morgan fingerprint density at radius 2 is 2.27 bits per heavy atom. The van der Waals surface area contributed by atoms with Crippen molar-refractivity contribution in [1.82, 2.24) is 0 Å². The van der Waals surface area contributed by atoms with Crippen LogP contribution in [0.15, 0.2) is 24.3 Å². The van der Waals surface area contributed by atoms with Crippen LogP contribution in [0, 0.1) is 5.82 Å². The highest BCUT2D eigenvalue weighted by molar-refractivity contribution is 5.16. The van der Waals surface area contributed by atoms with Crippen molar-refractivity contribution in [3.63, 3.8) is 0 Å². The molecular formula is C9H11FO. The molecule has 2 heteroatoms. The summed E-state index contributed by atoms with van der Waals surface area (Å²) in [5.74, 6) is -0.182. The smallest absolute Gasteiger partial charge is 0.123 e. The van der Waals surface area contributed by atoms with Gasteiger partial charge in [-0.25, -0.2) is 4.39 Å². The second-order valence-electron chi connectivity index (χ2n) is 2.37. The van der Waals surface area contributed by atoms with Crippen LogP contribution >= 0.6 is 0 Å². The van der Waals surface area contributed by atoms with Crippen molar-refractivity contribution in [2.45, 2.75) is 6.42 Å². The van der Waals surface area contributed by atoms with E-state index in [2.05, 4.69) is 0 Å². The van der Waals surface area contributed by atoms with Crippen LogP contribution in [0.4, 0.5) is 4.39 Å². The summed E-state index contributed by atoms with van der Waals surface area (Å²) in [6, 6.07) is 6.57. The predicted octanol–water partition coefficient (Wildman–Crippen LogP) is 2.01. The zero-order valence-corrected chi connectivity index (χ0v) is 6.51. The highest BCUT2D eigenvalue weighted by atomic mass is 19.1. The Morgan fingerprint density at radius 1 is 1.45 bits per heavy atom. The standard InChI is InChI=1S/C9H11FO/c1-11-6-5-8-3-2-4-9(10)7-8/h2-4,7H,5-6H2,1H3. The number of hydrogen-bond acceptors (Lipinski definition) is 1. The number of rotatable bonds is 3. The molecule has 0 fully saturated rings. The number of benzene rings is 1. The summed E-state index contributed by atoms with van der Waals surface area (Å²) < 4.78 is 17.4. The van der Waals surface area contributed by atoms with Gasteiger partial charge < -0.3 is 4.74 Å². The third kappa shape index (κ3) is 2.68. The molecule has 0 saturated heterocycles. The van der Waals surface area contributed by atoms with Crippen LogP contribution in [-0.4, -0.2) is 13.7 Å². The Balaban J connectivity index is 2.56. The Labute approximate surface area is 65.8 Å². The third-order valence-corrected chi connectivity index (χ3v) is 1.48. The summed E-state index contributed by atoms with van der Waals surface area (Å²) in [6.07, 6.45) is 0.772. The quantitative estimate of drug-likeness (QED) is 0.647. The first kappa shape index (κ1) is 8.21. The van der Waals surface area contributed by atoms with Crippen LogP contribution < -0.4 is 0 Å². The van der Waals surface area contributed by atoms with Gasteiger partial charge in [-0.2, -0.15) is 0 Å². The van der Waals surface area contributed by atoms with Crippen LogP contribution in [0.1, 0.15) is 5.56 Å². The Morgan fingerprint density at radius 3 is 2.91 bits per heavy atom. The van der Waals surface area contributed by atoms with Crippen molar-refractivity contribution in [3.8, 4) is 0 Å². The van der Waals surface area contributed by atoms with Crippen LogP contribution in [0.5, 0.6) is 0 Å². The van der Waals surface area contributed by atoms with Crippen molar-refractivity contribution in [2.24, 2.45) is 0 Å². The summed E-state index contributed by atoms with van der Waals surface area (Å²) in [7, 11) is 1.64. The normalized spacial score (nSPS) is 10.0. The second-order valence-corrected chi connectivity index (χ2v) is 2.37. The van der Waals surface area contributed by atoms with Crippen molar-refractivity contribution >= 4 is 0 Å². The highest BCUT2D eigenvalue weighted by Gasteiger charge is 1.93. The second kappa shape index (κ2) is 4.09. The first-order valence-electron chi connectivity index (χ1n) is 3.56. The third-order valence-electron chi connectivity index (χ3n) is 1.48. The van der Waals surface area contributed by atoms with E-state index >= 15 is 0 Å². The molecule has 0 amide bonds. The number of halogens is 1. The van der Waals surface area contributed by atoms with Gasteiger partial charge in [-0.3, -0.25) is 0 Å². The van der Waals surface area contributed by atoms with Gasteiger partial charge in [0.15, 0.2) is 0 Å². The summed E-state index contributed by atoms with van der Waals surface area (Å²) in [4.78, 5) is 0. The average molecular weight is 154 g/mol. The molecule has 0 aliphatic carbocycles. The molecule has 1 nitrogen and oxygen atoms in total. The minimum atomic E-state index is -0.182. The number of ether oxygens (including phenoxy) is 1. The minimum Gasteiger partial charge on any atom is -0.384 e. The molecule has 1 aromatic rings. The molecule has 1 aromatic carbocycles. The maximum Gasteiger partial charge on any atom is 0.123 e. The summed E-state index contributed by atoms with van der Waals surface area (Å²) in [5.41, 5.74) is 0.979. The topological polar surface area (TPSA) is 9.23 Å². The van der Waals surface area contributed by atoms with Gasteiger partial charge in [-0.1, -0.05) is 12.1 Å². The molecule has 1 rings (SSSR count). The van der Waals surface area contributed by atoms with E-state index in [4.69, 9.17) is 4.74 Å². The van der Waals surface area contributed by atoms with Crippen LogP contribution in [0.25, 0.3) is 0 Å². The zero-order chi connectivity index (χ0) is 8.10. The molecule has 0 aromatic heterocycles. The molecule has 0 N–H and O–H groups in total. The van der Waals surface area contributed by atoms with Crippen LogP contribution in [0.3, 0.4) is 0 Å². The van der Waals surface area contributed by atoms with E-state index < -0.39 is 0 Å². The fourth-order valence-corrected chi connectivity index (χ4v) is 0.912. The van der Waals surface area contributed by atoms with Gasteiger partial charge in [0.1, 0.15) is 5.82 Å². The fraction of sp³-hybridized carbons (Fsp3) is 0.333. The fourth-order valence-electron chi connectivity index (χ4n) is 0.912. The lowest BCUT2D eigenvalue weighted by atomic mass is 10.2. The van der Waals surface area contributed by atoms with E-state index in [1.807, 2.05) is 6.07 Å². The Hall–Kier alpha value is -0.890. The van der Waals surface area contributed by atoms with Crippen LogP contribution in [0.2, 0.25) is 0 Å². The van der Waals surface area contributed by atoms with E-state index in [0.29, 0.717) is 6.61 Å². The summed E-state index contributed by atoms with van der Waals surface area (Å²) in [6.45, 7) is 0.642. The molecule has 11 heavy (non-hydrogen) atoms. The summed E-state index contributed by atoms with van der Waals surface area (Å²) in [5, 5.41) is 0. The molecule has 0 spiro atoms. The Kier molecular flexibility index (Phi) is 3.05. The van der Waals surface area contributed by atoms with Gasteiger partial charge in [0.2, 0.25) is 0 Å². The lowest BCUT2D eigenvalue weighted by molar-refractivity contribution is 0.202. The first-order chi connectivity index (χ1) is 5.33. The molecule has 0 heterocycles. The number of hydrogen-bond donors (Lipinski definition) is 0. The maximum absolute atomic E-state index is 12.6. The van der Waals surface area contributed by atoms with Gasteiger partial charge in [0.25, 0.3) is 0 Å². The highest BCUT2D eigenvalue weighted by Crippen LogP contribution is 2.03. The van der Waals surface area contributed by atoms with Crippen molar-refractivity contribution in [1.29, 1.82) is 0 Å². The maximum atomic E-state index is 12.6. The van der Waals surface area contributed by atoms with Crippen LogP contribution in [-0.2, 0) is 11.2 Å². The van der Waals surface area contributed by atoms with E-state index in [1.165, 1.54) is 12.1 Å². The van der Waals surface area contributed by atoms with E-state index in [0.717, 1.165) is 12.0 Å². The zero-order valence-electron chi connectivity index (χ0n) is 6.51.